The first-order chi connectivity index (χ1) is 14.4. The summed E-state index contributed by atoms with van der Waals surface area (Å²) < 4.78 is 13.3. The summed E-state index contributed by atoms with van der Waals surface area (Å²) in [5, 5.41) is 8.87. The van der Waals surface area contributed by atoms with Crippen LogP contribution in [0, 0.1) is 5.82 Å². The molecule has 30 heavy (non-hydrogen) atoms. The van der Waals surface area contributed by atoms with Crippen LogP contribution < -0.4 is 5.48 Å². The molecule has 0 saturated heterocycles. The first kappa shape index (κ1) is 21.2. The highest BCUT2D eigenvalue weighted by atomic mass is 19.1. The van der Waals surface area contributed by atoms with Gasteiger partial charge in [0.05, 0.1) is 0 Å². The maximum Gasteiger partial charge on any atom is 0.270 e. The van der Waals surface area contributed by atoms with E-state index in [-0.39, 0.29) is 17.3 Å². The van der Waals surface area contributed by atoms with E-state index in [2.05, 4.69) is 0 Å². The van der Waals surface area contributed by atoms with Crippen LogP contribution in [0.1, 0.15) is 31.4 Å². The van der Waals surface area contributed by atoms with E-state index < -0.39 is 5.91 Å². The summed E-state index contributed by atoms with van der Waals surface area (Å²) in [5.41, 5.74) is 5.42. The van der Waals surface area contributed by atoms with Gasteiger partial charge in [0, 0.05) is 23.4 Å². The number of carbonyl (C=O) groups excluding carboxylic acids is 2. The quantitative estimate of drug-likeness (QED) is 0.336. The molecule has 1 heterocycles. The van der Waals surface area contributed by atoms with E-state index in [1.807, 2.05) is 37.3 Å². The predicted molar refractivity (Wildman–Crippen MR) is 113 cm³/mol. The number of hydroxylamine groups is 1. The molecule has 2 amide bonds. The molecular formula is C24H23FN2O3. The van der Waals surface area contributed by atoms with Gasteiger partial charge in [0.25, 0.3) is 11.8 Å². The number of halogens is 1. The Kier molecular flexibility index (Phi) is 6.59. The molecule has 2 N–H and O–H groups in total. The molecule has 0 saturated carbocycles. The van der Waals surface area contributed by atoms with E-state index in [4.69, 9.17) is 5.21 Å². The van der Waals surface area contributed by atoms with E-state index in [1.165, 1.54) is 12.1 Å². The fraction of sp³-hybridized carbons (Fsp3) is 0.167. The minimum Gasteiger partial charge on any atom is -0.308 e. The third-order valence-corrected chi connectivity index (χ3v) is 4.99. The number of hydrogen-bond acceptors (Lipinski definition) is 3. The molecule has 0 bridgehead atoms. The zero-order valence-corrected chi connectivity index (χ0v) is 16.9. The Labute approximate surface area is 174 Å². The minimum absolute atomic E-state index is 0.217. The van der Waals surface area contributed by atoms with Gasteiger partial charge in [-0.3, -0.25) is 14.8 Å². The van der Waals surface area contributed by atoms with Gasteiger partial charge in [-0.1, -0.05) is 42.5 Å². The molecule has 3 rings (SSSR count). The molecule has 1 aliphatic rings. The Balaban J connectivity index is 2.03. The van der Waals surface area contributed by atoms with Crippen molar-refractivity contribution in [1.82, 2.24) is 10.4 Å². The number of amides is 2. The average Bonchev–Trinajstić information content (AvgIpc) is 3.13. The first-order valence-corrected chi connectivity index (χ1v) is 9.57. The summed E-state index contributed by atoms with van der Waals surface area (Å²) in [6.45, 7) is 3.96. The minimum atomic E-state index is -0.625. The normalized spacial score (nSPS) is 14.9. The lowest BCUT2D eigenvalue weighted by molar-refractivity contribution is -0.125. The second kappa shape index (κ2) is 9.33. The summed E-state index contributed by atoms with van der Waals surface area (Å²) in [5.74, 6) is -1.19. The summed E-state index contributed by atoms with van der Waals surface area (Å²) in [4.78, 5) is 26.9. The Morgan fingerprint density at radius 3 is 2.37 bits per heavy atom. The number of carbonyl (C=O) groups is 2. The maximum absolute atomic E-state index is 13.6. The molecule has 2 aromatic rings. The Hall–Kier alpha value is -3.51. The van der Waals surface area contributed by atoms with Gasteiger partial charge in [-0.15, -0.1) is 0 Å². The molecule has 154 valence electrons. The third kappa shape index (κ3) is 4.72. The van der Waals surface area contributed by atoms with Crippen molar-refractivity contribution in [3.8, 4) is 0 Å². The van der Waals surface area contributed by atoms with Crippen molar-refractivity contribution < 1.29 is 19.2 Å². The number of nitrogens with one attached hydrogen (secondary N) is 1. The van der Waals surface area contributed by atoms with Crippen LogP contribution >= 0.6 is 0 Å². The second-order valence-electron chi connectivity index (χ2n) is 7.12. The van der Waals surface area contributed by atoms with E-state index in [0.29, 0.717) is 29.8 Å². The van der Waals surface area contributed by atoms with Gasteiger partial charge in [0.2, 0.25) is 0 Å². The Morgan fingerprint density at radius 1 is 1.07 bits per heavy atom. The Bertz CT molecular complexity index is 1040. The second-order valence-corrected chi connectivity index (χ2v) is 7.12. The lowest BCUT2D eigenvalue weighted by Crippen LogP contribution is -2.29. The fourth-order valence-corrected chi connectivity index (χ4v) is 3.29. The number of nitrogens with zero attached hydrogens (tertiary/aromatic N) is 1. The standard InChI is InChI=1S/C24H23FN2O3/c1-16-12-13-27(22(16)14-17(2)23(28)26-30)24(29)21(19-6-4-3-5-7-19)15-18-8-10-20(25)11-9-18/h3-11,14-15,30H,12-13H2,1-2H3,(H,26,28). The van der Waals surface area contributed by atoms with Gasteiger partial charge in [-0.2, -0.15) is 0 Å². The predicted octanol–water partition coefficient (Wildman–Crippen LogP) is 4.32. The lowest BCUT2D eigenvalue weighted by atomic mass is 10.0. The molecule has 0 atom stereocenters. The maximum atomic E-state index is 13.6. The van der Waals surface area contributed by atoms with Gasteiger partial charge in [0.15, 0.2) is 0 Å². The zero-order valence-electron chi connectivity index (χ0n) is 16.9. The molecule has 6 heteroatoms. The van der Waals surface area contributed by atoms with Crippen molar-refractivity contribution in [3.05, 3.63) is 94.5 Å². The molecule has 0 spiro atoms. The summed E-state index contributed by atoms with van der Waals surface area (Å²) in [6.07, 6.45) is 4.02. The molecule has 1 aliphatic heterocycles. The van der Waals surface area contributed by atoms with Gasteiger partial charge in [0.1, 0.15) is 5.82 Å². The average molecular weight is 406 g/mol. The summed E-state index contributed by atoms with van der Waals surface area (Å²) in [7, 11) is 0. The van der Waals surface area contributed by atoms with Gasteiger partial charge in [-0.25, -0.2) is 9.87 Å². The highest BCUT2D eigenvalue weighted by Gasteiger charge is 2.27. The molecule has 0 unspecified atom stereocenters. The van der Waals surface area contributed by atoms with Gasteiger partial charge in [-0.05, 0) is 61.3 Å². The van der Waals surface area contributed by atoms with Crippen LogP contribution in [0.2, 0.25) is 0 Å². The van der Waals surface area contributed by atoms with Crippen molar-refractivity contribution >= 4 is 23.5 Å². The van der Waals surface area contributed by atoms with Crippen molar-refractivity contribution in [2.75, 3.05) is 6.54 Å². The van der Waals surface area contributed by atoms with E-state index in [1.54, 1.807) is 41.6 Å². The van der Waals surface area contributed by atoms with Crippen LogP contribution in [-0.4, -0.2) is 28.5 Å². The third-order valence-electron chi connectivity index (χ3n) is 4.99. The van der Waals surface area contributed by atoms with Crippen molar-refractivity contribution in [2.24, 2.45) is 0 Å². The topological polar surface area (TPSA) is 69.6 Å². The van der Waals surface area contributed by atoms with Crippen LogP contribution in [0.5, 0.6) is 0 Å². The smallest absolute Gasteiger partial charge is 0.270 e. The van der Waals surface area contributed by atoms with Crippen molar-refractivity contribution in [2.45, 2.75) is 20.3 Å². The summed E-state index contributed by atoms with van der Waals surface area (Å²) in [6, 6.07) is 15.2. The van der Waals surface area contributed by atoms with Crippen LogP contribution in [0.3, 0.4) is 0 Å². The number of benzene rings is 2. The molecule has 5 nitrogen and oxygen atoms in total. The molecule has 0 aliphatic carbocycles. The lowest BCUT2D eigenvalue weighted by Gasteiger charge is -2.21. The molecular weight excluding hydrogens is 383 g/mol. The highest BCUT2D eigenvalue weighted by molar-refractivity contribution is 6.24. The first-order valence-electron chi connectivity index (χ1n) is 9.57. The van der Waals surface area contributed by atoms with Crippen molar-refractivity contribution in [1.29, 1.82) is 0 Å². The SMILES string of the molecule is CC(=CC1=C(C)CCN1C(=O)C(=Cc1ccc(F)cc1)c1ccccc1)C(=O)NO. The monoisotopic (exact) mass is 406 g/mol. The highest BCUT2D eigenvalue weighted by Crippen LogP contribution is 2.30. The molecule has 0 aromatic heterocycles. The molecule has 2 aromatic carbocycles. The van der Waals surface area contributed by atoms with Crippen LogP contribution in [0.15, 0.2) is 77.5 Å². The number of rotatable bonds is 5. The van der Waals surface area contributed by atoms with Crippen LogP contribution in [0.25, 0.3) is 11.6 Å². The Morgan fingerprint density at radius 2 is 1.73 bits per heavy atom. The molecule has 0 radical (unpaired) electrons. The van der Waals surface area contributed by atoms with Gasteiger partial charge >= 0.3 is 0 Å². The zero-order chi connectivity index (χ0) is 21.7. The van der Waals surface area contributed by atoms with Crippen LogP contribution in [0.4, 0.5) is 4.39 Å². The number of hydrogen-bond donors (Lipinski definition) is 2. The van der Waals surface area contributed by atoms with Gasteiger partial charge < -0.3 is 4.90 Å². The largest absolute Gasteiger partial charge is 0.308 e. The fourth-order valence-electron chi connectivity index (χ4n) is 3.29. The summed E-state index contributed by atoms with van der Waals surface area (Å²) >= 11 is 0. The van der Waals surface area contributed by atoms with E-state index >= 15 is 0 Å². The van der Waals surface area contributed by atoms with E-state index in [0.717, 1.165) is 11.1 Å². The van der Waals surface area contributed by atoms with Crippen molar-refractivity contribution in [3.63, 3.8) is 0 Å². The molecule has 0 fully saturated rings. The number of allylic oxidation sites excluding steroid dienone is 1. The van der Waals surface area contributed by atoms with Crippen LogP contribution in [-0.2, 0) is 9.59 Å². The van der Waals surface area contributed by atoms with E-state index in [9.17, 15) is 14.0 Å².